The van der Waals surface area contributed by atoms with Crippen molar-refractivity contribution in [3.63, 3.8) is 0 Å². The van der Waals surface area contributed by atoms with Gasteiger partial charge < -0.3 is 20.3 Å². The molecular formula is C29H40ClN3O4. The quantitative estimate of drug-likeness (QED) is 0.367. The fourth-order valence-electron chi connectivity index (χ4n) is 3.97. The van der Waals surface area contributed by atoms with Crippen LogP contribution >= 0.6 is 11.6 Å². The number of rotatable bonds is 10. The molecule has 0 aliphatic carbocycles. The predicted molar refractivity (Wildman–Crippen MR) is 149 cm³/mol. The molecule has 0 saturated heterocycles. The average Bonchev–Trinajstić information content (AvgIpc) is 2.81. The zero-order chi connectivity index (χ0) is 27.8. The van der Waals surface area contributed by atoms with Gasteiger partial charge in [-0.3, -0.25) is 9.59 Å². The van der Waals surface area contributed by atoms with Crippen LogP contribution in [0.15, 0.2) is 48.5 Å². The smallest absolute Gasteiger partial charge is 0.408 e. The molecule has 2 aromatic rings. The summed E-state index contributed by atoms with van der Waals surface area (Å²) < 4.78 is 5.29. The highest BCUT2D eigenvalue weighted by Crippen LogP contribution is 2.31. The molecule has 0 heterocycles. The second-order valence-electron chi connectivity index (χ2n) is 10.7. The van der Waals surface area contributed by atoms with Crippen molar-refractivity contribution in [1.82, 2.24) is 10.2 Å². The summed E-state index contributed by atoms with van der Waals surface area (Å²) in [5, 5.41) is 5.91. The molecule has 7 nitrogen and oxygen atoms in total. The fourth-order valence-corrected chi connectivity index (χ4v) is 4.24. The minimum atomic E-state index is -0.938. The number of carbonyl (C=O) groups excluding carboxylic acids is 3. The van der Waals surface area contributed by atoms with Crippen LogP contribution < -0.4 is 10.6 Å². The van der Waals surface area contributed by atoms with Crippen LogP contribution in [0.1, 0.15) is 71.6 Å². The molecule has 0 fully saturated rings. The maximum atomic E-state index is 13.9. The van der Waals surface area contributed by atoms with Crippen LogP contribution in [0.3, 0.4) is 0 Å². The number of anilines is 1. The van der Waals surface area contributed by atoms with Gasteiger partial charge in [-0.05, 0) is 70.6 Å². The first-order valence-corrected chi connectivity index (χ1v) is 13.1. The molecule has 0 aromatic heterocycles. The number of carbonyl (C=O) groups is 3. The highest BCUT2D eigenvalue weighted by molar-refractivity contribution is 6.34. The lowest BCUT2D eigenvalue weighted by Gasteiger charge is -2.37. The first-order valence-electron chi connectivity index (χ1n) is 12.7. The van der Waals surface area contributed by atoms with E-state index >= 15 is 0 Å². The van der Waals surface area contributed by atoms with E-state index in [0.717, 1.165) is 12.0 Å². The number of amides is 3. The van der Waals surface area contributed by atoms with Gasteiger partial charge in [0.05, 0.1) is 10.7 Å². The molecule has 0 aliphatic rings. The number of alkyl carbamates (subject to hydrolysis) is 1. The summed E-state index contributed by atoms with van der Waals surface area (Å²) in [6, 6.07) is 13.3. The molecule has 2 aromatic carbocycles. The molecule has 2 unspecified atom stereocenters. The molecule has 2 atom stereocenters. The number of ether oxygens (including phenoxy) is 1. The second kappa shape index (κ2) is 13.5. The number of para-hydroxylation sites is 1. The highest BCUT2D eigenvalue weighted by Gasteiger charge is 2.35. The third-order valence-corrected chi connectivity index (χ3v) is 6.13. The van der Waals surface area contributed by atoms with Crippen molar-refractivity contribution >= 4 is 35.2 Å². The Labute approximate surface area is 225 Å². The minimum Gasteiger partial charge on any atom is -0.444 e. The van der Waals surface area contributed by atoms with Gasteiger partial charge in [0.25, 0.3) is 5.91 Å². The number of halogens is 1. The summed E-state index contributed by atoms with van der Waals surface area (Å²) in [6.07, 6.45) is 0.873. The Morgan fingerprint density at radius 1 is 0.973 bits per heavy atom. The number of nitrogens with one attached hydrogen (secondary N) is 2. The van der Waals surface area contributed by atoms with Crippen LogP contribution in [0.25, 0.3) is 0 Å². The molecule has 202 valence electrons. The zero-order valence-electron chi connectivity index (χ0n) is 22.9. The number of hydrogen-bond acceptors (Lipinski definition) is 4. The van der Waals surface area contributed by atoms with Crippen LogP contribution in [-0.2, 0) is 14.3 Å². The van der Waals surface area contributed by atoms with Gasteiger partial charge in [0.15, 0.2) is 0 Å². The Kier molecular flexibility index (Phi) is 11.0. The van der Waals surface area contributed by atoms with Crippen LogP contribution in [0.2, 0.25) is 5.02 Å². The van der Waals surface area contributed by atoms with E-state index < -0.39 is 17.7 Å². The second-order valence-corrected chi connectivity index (χ2v) is 11.1. The number of hydrogen-bond donors (Lipinski definition) is 2. The molecule has 2 N–H and O–H groups in total. The molecule has 0 radical (unpaired) electrons. The molecule has 0 bridgehead atoms. The Morgan fingerprint density at radius 2 is 1.62 bits per heavy atom. The minimum absolute atomic E-state index is 0.279. The van der Waals surface area contributed by atoms with Crippen molar-refractivity contribution in [2.75, 3.05) is 11.9 Å². The Balaban J connectivity index is 2.44. The summed E-state index contributed by atoms with van der Waals surface area (Å²) in [7, 11) is 0. The first kappa shape index (κ1) is 30.2. The van der Waals surface area contributed by atoms with Crippen molar-refractivity contribution in [2.24, 2.45) is 5.92 Å². The molecule has 0 aliphatic heterocycles. The summed E-state index contributed by atoms with van der Waals surface area (Å²) in [5.74, 6) is -0.347. The van der Waals surface area contributed by atoms with E-state index in [1.54, 1.807) is 31.7 Å². The molecule has 8 heteroatoms. The van der Waals surface area contributed by atoms with Crippen molar-refractivity contribution in [3.05, 3.63) is 64.7 Å². The van der Waals surface area contributed by atoms with Crippen molar-refractivity contribution in [2.45, 2.75) is 79.0 Å². The van der Waals surface area contributed by atoms with E-state index in [-0.39, 0.29) is 24.4 Å². The van der Waals surface area contributed by atoms with Gasteiger partial charge in [-0.1, -0.05) is 67.9 Å². The van der Waals surface area contributed by atoms with Crippen LogP contribution in [0, 0.1) is 12.8 Å². The molecule has 2 rings (SSSR count). The van der Waals surface area contributed by atoms with Crippen LogP contribution in [0.5, 0.6) is 0 Å². The topological polar surface area (TPSA) is 87.7 Å². The maximum Gasteiger partial charge on any atom is 0.408 e. The summed E-state index contributed by atoms with van der Waals surface area (Å²) >= 11 is 6.39. The van der Waals surface area contributed by atoms with E-state index in [1.165, 1.54) is 0 Å². The van der Waals surface area contributed by atoms with E-state index in [0.29, 0.717) is 28.6 Å². The number of aryl methyl sites for hydroxylation is 1. The van der Waals surface area contributed by atoms with Crippen molar-refractivity contribution < 1.29 is 19.1 Å². The van der Waals surface area contributed by atoms with Gasteiger partial charge in [0.2, 0.25) is 5.91 Å². The average molecular weight is 530 g/mol. The van der Waals surface area contributed by atoms with Crippen LogP contribution in [0.4, 0.5) is 10.5 Å². The van der Waals surface area contributed by atoms with E-state index in [2.05, 4.69) is 24.5 Å². The number of benzene rings is 2. The highest BCUT2D eigenvalue weighted by atomic mass is 35.5. The maximum absolute atomic E-state index is 13.9. The standard InChI is InChI=1S/C29H40ClN3O4/c1-19(2)16-17-21(4)33(24(34)18-31-28(36)37-29(5,6)7)26(22-13-9-8-10-14-22)27(35)32-25-20(3)12-11-15-23(25)30/h8-15,19,21,26H,16-18H2,1-7H3,(H,31,36)(H,32,35). The lowest BCUT2D eigenvalue weighted by atomic mass is 9.98. The Morgan fingerprint density at radius 3 is 2.19 bits per heavy atom. The van der Waals surface area contributed by atoms with Gasteiger partial charge in [-0.15, -0.1) is 0 Å². The summed E-state index contributed by atoms with van der Waals surface area (Å²) in [6.45, 7) is 13.0. The van der Waals surface area contributed by atoms with Crippen molar-refractivity contribution in [1.29, 1.82) is 0 Å². The first-order chi connectivity index (χ1) is 17.3. The molecule has 0 spiro atoms. The SMILES string of the molecule is Cc1cccc(Cl)c1NC(=O)C(c1ccccc1)N(C(=O)CNC(=O)OC(C)(C)C)C(C)CCC(C)C. The van der Waals surface area contributed by atoms with Gasteiger partial charge in [-0.2, -0.15) is 0 Å². The zero-order valence-corrected chi connectivity index (χ0v) is 23.7. The predicted octanol–water partition coefficient (Wildman–Crippen LogP) is 6.51. The number of nitrogens with zero attached hydrogens (tertiary/aromatic N) is 1. The van der Waals surface area contributed by atoms with E-state index in [9.17, 15) is 14.4 Å². The fraction of sp³-hybridized carbons (Fsp3) is 0.483. The Bertz CT molecular complexity index is 1050. The van der Waals surface area contributed by atoms with E-state index in [4.69, 9.17) is 16.3 Å². The van der Waals surface area contributed by atoms with Crippen molar-refractivity contribution in [3.8, 4) is 0 Å². The molecular weight excluding hydrogens is 490 g/mol. The lowest BCUT2D eigenvalue weighted by Crippen LogP contribution is -2.50. The third kappa shape index (κ3) is 9.39. The molecule has 3 amide bonds. The van der Waals surface area contributed by atoms with E-state index in [1.807, 2.05) is 56.3 Å². The van der Waals surface area contributed by atoms with Gasteiger partial charge >= 0.3 is 6.09 Å². The van der Waals surface area contributed by atoms with Gasteiger partial charge in [0.1, 0.15) is 18.2 Å². The third-order valence-electron chi connectivity index (χ3n) is 5.82. The van der Waals surface area contributed by atoms with Crippen LogP contribution in [-0.4, -0.2) is 41.0 Å². The monoisotopic (exact) mass is 529 g/mol. The lowest BCUT2D eigenvalue weighted by molar-refractivity contribution is -0.140. The van der Waals surface area contributed by atoms with Gasteiger partial charge in [0, 0.05) is 6.04 Å². The largest absolute Gasteiger partial charge is 0.444 e. The molecule has 37 heavy (non-hydrogen) atoms. The molecule has 0 saturated carbocycles. The Hall–Kier alpha value is -3.06. The summed E-state index contributed by atoms with van der Waals surface area (Å²) in [4.78, 5) is 41.3. The van der Waals surface area contributed by atoms with Gasteiger partial charge in [-0.25, -0.2) is 4.79 Å². The normalized spacial score (nSPS) is 13.0. The summed E-state index contributed by atoms with van der Waals surface area (Å²) in [5.41, 5.74) is 1.28.